The molecular formula is C18H22N2. The van der Waals surface area contributed by atoms with Gasteiger partial charge in [0.25, 0.3) is 0 Å². The summed E-state index contributed by atoms with van der Waals surface area (Å²) < 4.78 is 0. The Hall–Kier alpha value is -2.09. The number of rotatable bonds is 1. The lowest BCUT2D eigenvalue weighted by Crippen LogP contribution is -2.03. The fraction of sp³-hybridized carbons (Fsp3) is 0.278. The second kappa shape index (κ2) is 8.16. The number of nitrogens with two attached hydrogens (primary N) is 1. The molecule has 104 valence electrons. The highest BCUT2D eigenvalue weighted by Crippen LogP contribution is 2.19. The molecule has 0 aromatic heterocycles. The summed E-state index contributed by atoms with van der Waals surface area (Å²) in [6.45, 7) is 0. The van der Waals surface area contributed by atoms with Crippen LogP contribution in [0.2, 0.25) is 0 Å². The molecule has 1 fully saturated rings. The van der Waals surface area contributed by atoms with Gasteiger partial charge in [0.15, 0.2) is 0 Å². The summed E-state index contributed by atoms with van der Waals surface area (Å²) in [7, 11) is 0. The summed E-state index contributed by atoms with van der Waals surface area (Å²) in [5, 5.41) is 0. The van der Waals surface area contributed by atoms with Crippen LogP contribution in [0, 0.1) is 0 Å². The average molecular weight is 266 g/mol. The second-order valence-corrected chi connectivity index (χ2v) is 4.98. The van der Waals surface area contributed by atoms with Gasteiger partial charge in [-0.3, -0.25) is 4.99 Å². The number of anilines is 1. The molecule has 3 rings (SSSR count). The van der Waals surface area contributed by atoms with Crippen molar-refractivity contribution in [3.05, 3.63) is 60.7 Å². The molecule has 2 N–H and O–H groups in total. The number of para-hydroxylation sites is 2. The van der Waals surface area contributed by atoms with Crippen LogP contribution in [0.4, 0.5) is 11.4 Å². The van der Waals surface area contributed by atoms with E-state index in [-0.39, 0.29) is 0 Å². The van der Waals surface area contributed by atoms with Crippen molar-refractivity contribution in [1.82, 2.24) is 0 Å². The van der Waals surface area contributed by atoms with Gasteiger partial charge >= 0.3 is 0 Å². The van der Waals surface area contributed by atoms with Crippen LogP contribution < -0.4 is 5.73 Å². The van der Waals surface area contributed by atoms with Gasteiger partial charge in [0.2, 0.25) is 0 Å². The molecule has 0 saturated heterocycles. The number of nitrogen functional groups attached to an aromatic ring is 1. The van der Waals surface area contributed by atoms with Crippen molar-refractivity contribution in [2.75, 3.05) is 5.73 Å². The van der Waals surface area contributed by atoms with Crippen molar-refractivity contribution < 1.29 is 0 Å². The molecule has 0 spiro atoms. The minimum atomic E-state index is 0.822. The van der Waals surface area contributed by atoms with E-state index in [1.807, 2.05) is 48.5 Å². The summed E-state index contributed by atoms with van der Waals surface area (Å²) in [4.78, 5) is 4.63. The van der Waals surface area contributed by atoms with E-state index >= 15 is 0 Å². The SMILES string of the molecule is Nc1ccccc1.c1ccc(N=C2CCCCC2)cc1. The maximum atomic E-state index is 5.36. The number of hydrogen-bond acceptors (Lipinski definition) is 2. The number of hydrogen-bond donors (Lipinski definition) is 1. The third kappa shape index (κ3) is 5.27. The highest BCUT2D eigenvalue weighted by Gasteiger charge is 2.05. The summed E-state index contributed by atoms with van der Waals surface area (Å²) >= 11 is 0. The highest BCUT2D eigenvalue weighted by molar-refractivity contribution is 5.87. The molecule has 0 radical (unpaired) electrons. The molecule has 2 aromatic carbocycles. The van der Waals surface area contributed by atoms with Crippen LogP contribution in [0.3, 0.4) is 0 Å². The topological polar surface area (TPSA) is 38.4 Å². The smallest absolute Gasteiger partial charge is 0.0629 e. The highest BCUT2D eigenvalue weighted by atomic mass is 14.7. The van der Waals surface area contributed by atoms with Crippen molar-refractivity contribution in [3.63, 3.8) is 0 Å². The zero-order valence-electron chi connectivity index (χ0n) is 11.8. The predicted octanol–water partition coefficient (Wildman–Crippen LogP) is 4.99. The van der Waals surface area contributed by atoms with Gasteiger partial charge in [-0.05, 0) is 49.9 Å². The van der Waals surface area contributed by atoms with Crippen LogP contribution >= 0.6 is 0 Å². The normalized spacial score (nSPS) is 14.1. The molecule has 1 aliphatic rings. The molecule has 0 heterocycles. The maximum absolute atomic E-state index is 5.36. The second-order valence-electron chi connectivity index (χ2n) is 4.98. The van der Waals surface area contributed by atoms with Crippen molar-refractivity contribution in [1.29, 1.82) is 0 Å². The first kappa shape index (κ1) is 14.3. The van der Waals surface area contributed by atoms with Crippen LogP contribution in [0.25, 0.3) is 0 Å². The van der Waals surface area contributed by atoms with E-state index in [0.29, 0.717) is 0 Å². The molecule has 0 aliphatic heterocycles. The predicted molar refractivity (Wildman–Crippen MR) is 87.5 cm³/mol. The average Bonchev–Trinajstić information content (AvgIpc) is 2.51. The van der Waals surface area contributed by atoms with Gasteiger partial charge in [0.05, 0.1) is 5.69 Å². The van der Waals surface area contributed by atoms with Gasteiger partial charge in [-0.25, -0.2) is 0 Å². The van der Waals surface area contributed by atoms with Crippen LogP contribution in [0.15, 0.2) is 65.7 Å². The number of nitrogens with zero attached hydrogens (tertiary/aromatic N) is 1. The molecule has 1 saturated carbocycles. The minimum absolute atomic E-state index is 0.822. The first-order valence-corrected chi connectivity index (χ1v) is 7.26. The fourth-order valence-corrected chi connectivity index (χ4v) is 2.21. The van der Waals surface area contributed by atoms with Gasteiger partial charge in [0, 0.05) is 11.4 Å². The summed E-state index contributed by atoms with van der Waals surface area (Å²) in [6.07, 6.45) is 6.44. The summed E-state index contributed by atoms with van der Waals surface area (Å²) in [5.41, 5.74) is 8.68. The zero-order chi connectivity index (χ0) is 14.0. The lowest BCUT2D eigenvalue weighted by atomic mass is 9.98. The van der Waals surface area contributed by atoms with Crippen LogP contribution in [-0.2, 0) is 0 Å². The third-order valence-corrected chi connectivity index (χ3v) is 3.27. The standard InChI is InChI=1S/C12H15N.C6H7N/c1-3-7-11(8-4-1)13-12-9-5-2-6-10-12;7-6-4-2-1-3-5-6/h1,3-4,7-8H,2,5-6,9-10H2;1-5H,7H2. The summed E-state index contributed by atoms with van der Waals surface area (Å²) in [6, 6.07) is 19.7. The first-order valence-electron chi connectivity index (χ1n) is 7.26. The quantitative estimate of drug-likeness (QED) is 0.725. The van der Waals surface area contributed by atoms with Crippen molar-refractivity contribution in [2.45, 2.75) is 32.1 Å². The Labute approximate surface area is 121 Å². The van der Waals surface area contributed by atoms with Gasteiger partial charge in [-0.1, -0.05) is 42.8 Å². The molecule has 2 aromatic rings. The van der Waals surface area contributed by atoms with E-state index in [1.54, 1.807) is 0 Å². The number of aliphatic imine (C=N–C) groups is 1. The Balaban J connectivity index is 0.000000178. The Bertz CT molecular complexity index is 510. The summed E-state index contributed by atoms with van der Waals surface area (Å²) in [5.74, 6) is 0. The van der Waals surface area contributed by atoms with Gasteiger partial charge < -0.3 is 5.73 Å². The molecule has 0 bridgehead atoms. The van der Waals surface area contributed by atoms with E-state index in [1.165, 1.54) is 37.8 Å². The van der Waals surface area contributed by atoms with E-state index in [9.17, 15) is 0 Å². The monoisotopic (exact) mass is 266 g/mol. The van der Waals surface area contributed by atoms with Gasteiger partial charge in [-0.15, -0.1) is 0 Å². The molecule has 0 amide bonds. The van der Waals surface area contributed by atoms with E-state index in [2.05, 4.69) is 17.1 Å². The molecule has 2 heteroatoms. The Morgan fingerprint density at radius 1 is 0.700 bits per heavy atom. The molecule has 1 aliphatic carbocycles. The maximum Gasteiger partial charge on any atom is 0.0629 e. The van der Waals surface area contributed by atoms with Crippen molar-refractivity contribution in [3.8, 4) is 0 Å². The Morgan fingerprint density at radius 3 is 1.75 bits per heavy atom. The van der Waals surface area contributed by atoms with Crippen molar-refractivity contribution in [2.24, 2.45) is 4.99 Å². The Kier molecular flexibility index (Phi) is 5.84. The minimum Gasteiger partial charge on any atom is -0.399 e. The van der Waals surface area contributed by atoms with Crippen LogP contribution in [0.1, 0.15) is 32.1 Å². The van der Waals surface area contributed by atoms with Gasteiger partial charge in [0.1, 0.15) is 0 Å². The third-order valence-electron chi connectivity index (χ3n) is 3.27. The van der Waals surface area contributed by atoms with E-state index < -0.39 is 0 Å². The van der Waals surface area contributed by atoms with E-state index in [4.69, 9.17) is 5.73 Å². The molecule has 0 atom stereocenters. The molecule has 2 nitrogen and oxygen atoms in total. The fourth-order valence-electron chi connectivity index (χ4n) is 2.21. The van der Waals surface area contributed by atoms with Crippen LogP contribution in [0.5, 0.6) is 0 Å². The van der Waals surface area contributed by atoms with Crippen LogP contribution in [-0.4, -0.2) is 5.71 Å². The largest absolute Gasteiger partial charge is 0.399 e. The Morgan fingerprint density at radius 2 is 1.25 bits per heavy atom. The lowest BCUT2D eigenvalue weighted by molar-refractivity contribution is 0.667. The zero-order valence-corrected chi connectivity index (χ0v) is 11.8. The van der Waals surface area contributed by atoms with Crippen molar-refractivity contribution >= 4 is 17.1 Å². The molecule has 0 unspecified atom stereocenters. The molecule has 20 heavy (non-hydrogen) atoms. The first-order chi connectivity index (χ1) is 9.84. The van der Waals surface area contributed by atoms with E-state index in [0.717, 1.165) is 11.4 Å². The number of benzene rings is 2. The molecular weight excluding hydrogens is 244 g/mol. The lowest BCUT2D eigenvalue weighted by Gasteiger charge is -2.11. The van der Waals surface area contributed by atoms with Gasteiger partial charge in [-0.2, -0.15) is 0 Å².